The lowest BCUT2D eigenvalue weighted by Gasteiger charge is -2.29. The molecule has 2 atom stereocenters. The largest absolute Gasteiger partial charge is 0.489 e. The zero-order valence-corrected chi connectivity index (χ0v) is 25.4. The molecule has 4 aliphatic heterocycles. The molecule has 1 aromatic heterocycles. The maximum absolute atomic E-state index is 13.0. The van der Waals surface area contributed by atoms with Crippen LogP contribution < -0.4 is 15.0 Å². The highest BCUT2D eigenvalue weighted by Crippen LogP contribution is 2.31. The second kappa shape index (κ2) is 12.2. The summed E-state index contributed by atoms with van der Waals surface area (Å²) in [6.07, 6.45) is 3.00. The molecule has 1 N–H and O–H groups in total. The van der Waals surface area contributed by atoms with Gasteiger partial charge in [0.05, 0.1) is 5.52 Å². The number of hydrogen-bond acceptors (Lipinski definition) is 8. The predicted octanol–water partition coefficient (Wildman–Crippen LogP) is 3.04. The second-order valence-corrected chi connectivity index (χ2v) is 12.5. The van der Waals surface area contributed by atoms with Crippen LogP contribution in [-0.2, 0) is 32.2 Å². The Morgan fingerprint density at radius 1 is 1.04 bits per heavy atom. The van der Waals surface area contributed by atoms with Crippen molar-refractivity contribution < 1.29 is 28.7 Å². The number of likely N-dealkylation sites (tertiary alicyclic amines) is 1. The number of imide groups is 1. The Bertz CT molecular complexity index is 1670. The predicted molar refractivity (Wildman–Crippen MR) is 165 cm³/mol. The van der Waals surface area contributed by atoms with Crippen LogP contribution in [0.15, 0.2) is 48.5 Å². The lowest BCUT2D eigenvalue weighted by Crippen LogP contribution is -2.52. The number of nitrogens with one attached hydrogen (secondary N) is 1. The number of benzene rings is 2. The van der Waals surface area contributed by atoms with E-state index in [2.05, 4.69) is 22.3 Å². The average Bonchev–Trinajstić information content (AvgIpc) is 3.63. The van der Waals surface area contributed by atoms with Gasteiger partial charge >= 0.3 is 0 Å². The molecule has 0 bridgehead atoms. The molecule has 11 heteroatoms. The minimum absolute atomic E-state index is 0.0147. The van der Waals surface area contributed by atoms with E-state index in [0.717, 1.165) is 55.4 Å². The zero-order valence-electron chi connectivity index (χ0n) is 25.4. The lowest BCUT2D eigenvalue weighted by molar-refractivity contribution is -0.137. The van der Waals surface area contributed by atoms with Crippen molar-refractivity contribution in [1.82, 2.24) is 20.1 Å². The average molecular weight is 612 g/mol. The quantitative estimate of drug-likeness (QED) is 0.405. The summed E-state index contributed by atoms with van der Waals surface area (Å²) in [7, 11) is 1.80. The standard InChI is InChI=1S/C34H37N5O6/c1-37(33(42)22-11-14-44-15-12-22)30-8-3-23-16-21(2-6-28(23)35-30)18-38-13-10-26(20-38)45-25-4-5-27-24(17-25)19-39(34(27)43)29-7-9-31(40)36-32(29)41/h2-6,8,16-17,22,26,29H,7,9-15,18-20H2,1H3,(H,36,40,41)/t26-,29?/m0/s1. The summed E-state index contributed by atoms with van der Waals surface area (Å²) in [5, 5.41) is 3.38. The monoisotopic (exact) mass is 611 g/mol. The number of fused-ring (bicyclic) bond motifs is 2. The van der Waals surface area contributed by atoms with Crippen LogP contribution >= 0.6 is 0 Å². The summed E-state index contributed by atoms with van der Waals surface area (Å²) >= 11 is 0. The van der Waals surface area contributed by atoms with Crippen LogP contribution in [0.25, 0.3) is 10.9 Å². The fourth-order valence-electron chi connectivity index (χ4n) is 6.89. The summed E-state index contributed by atoms with van der Waals surface area (Å²) in [6.45, 7) is 4.07. The fraction of sp³-hybridized carbons (Fsp3) is 0.441. The topological polar surface area (TPSA) is 121 Å². The van der Waals surface area contributed by atoms with Crippen LogP contribution in [0.3, 0.4) is 0 Å². The van der Waals surface area contributed by atoms with E-state index in [1.54, 1.807) is 22.9 Å². The molecule has 0 radical (unpaired) electrons. The van der Waals surface area contributed by atoms with E-state index in [4.69, 9.17) is 14.5 Å². The van der Waals surface area contributed by atoms with Crippen molar-refractivity contribution in [2.45, 2.75) is 57.3 Å². The normalized spacial score (nSPS) is 22.5. The van der Waals surface area contributed by atoms with Gasteiger partial charge in [0.15, 0.2) is 0 Å². The third-order valence-electron chi connectivity index (χ3n) is 9.42. The van der Waals surface area contributed by atoms with Gasteiger partial charge in [-0.1, -0.05) is 6.07 Å². The van der Waals surface area contributed by atoms with E-state index in [-0.39, 0.29) is 36.2 Å². The number of amides is 4. The summed E-state index contributed by atoms with van der Waals surface area (Å²) < 4.78 is 11.7. The molecular weight excluding hydrogens is 574 g/mol. The van der Waals surface area contributed by atoms with Crippen molar-refractivity contribution in [2.24, 2.45) is 5.92 Å². The Balaban J connectivity index is 0.946. The number of piperidine rings is 1. The zero-order chi connectivity index (χ0) is 31.1. The van der Waals surface area contributed by atoms with E-state index in [1.807, 2.05) is 30.3 Å². The van der Waals surface area contributed by atoms with Crippen LogP contribution in [0.1, 0.15) is 53.6 Å². The molecule has 4 aliphatic rings. The molecule has 234 valence electrons. The van der Waals surface area contributed by atoms with Crippen LogP contribution in [0.5, 0.6) is 5.75 Å². The summed E-state index contributed by atoms with van der Waals surface area (Å²) in [4.78, 5) is 60.2. The molecule has 5 heterocycles. The third kappa shape index (κ3) is 6.02. The highest BCUT2D eigenvalue weighted by Gasteiger charge is 2.39. The number of pyridine rings is 1. The van der Waals surface area contributed by atoms with Gasteiger partial charge in [0, 0.05) is 69.7 Å². The molecule has 2 aromatic carbocycles. The van der Waals surface area contributed by atoms with E-state index >= 15 is 0 Å². The Hall–Kier alpha value is -4.35. The molecule has 11 nitrogen and oxygen atoms in total. The highest BCUT2D eigenvalue weighted by molar-refractivity contribution is 6.05. The molecule has 3 saturated heterocycles. The van der Waals surface area contributed by atoms with Crippen LogP contribution in [-0.4, -0.2) is 83.9 Å². The molecule has 7 rings (SSSR count). The van der Waals surface area contributed by atoms with Gasteiger partial charge in [-0.2, -0.15) is 0 Å². The molecule has 0 saturated carbocycles. The molecule has 3 aromatic rings. The Kier molecular flexibility index (Phi) is 7.97. The molecule has 0 aliphatic carbocycles. The Labute approximate surface area is 261 Å². The molecule has 0 spiro atoms. The minimum atomic E-state index is -0.629. The first kappa shape index (κ1) is 29.4. The van der Waals surface area contributed by atoms with Crippen LogP contribution in [0.2, 0.25) is 0 Å². The summed E-state index contributed by atoms with van der Waals surface area (Å²) in [5.41, 5.74) is 3.46. The third-order valence-corrected chi connectivity index (χ3v) is 9.42. The molecule has 3 fully saturated rings. The number of ether oxygens (including phenoxy) is 2. The SMILES string of the molecule is CN(C(=O)C1CCOCC1)c1ccc2cc(CN3CC[C@H](Oc4ccc5c(c4)CN(C4CCC(=O)NC4=O)C5=O)C3)ccc2n1. The van der Waals surface area contributed by atoms with E-state index in [9.17, 15) is 19.2 Å². The smallest absolute Gasteiger partial charge is 0.255 e. The van der Waals surface area contributed by atoms with Crippen molar-refractivity contribution in [3.05, 3.63) is 65.2 Å². The van der Waals surface area contributed by atoms with Crippen LogP contribution in [0.4, 0.5) is 5.82 Å². The number of anilines is 1. The van der Waals surface area contributed by atoms with Gasteiger partial charge in [0.25, 0.3) is 5.91 Å². The van der Waals surface area contributed by atoms with Crippen LogP contribution in [0, 0.1) is 5.92 Å². The molecule has 4 amide bonds. The van der Waals surface area contributed by atoms with Gasteiger partial charge in [-0.3, -0.25) is 34.3 Å². The maximum Gasteiger partial charge on any atom is 0.255 e. The molecule has 1 unspecified atom stereocenters. The van der Waals surface area contributed by atoms with E-state index in [0.29, 0.717) is 43.3 Å². The Morgan fingerprint density at radius 3 is 2.71 bits per heavy atom. The Morgan fingerprint density at radius 2 is 1.89 bits per heavy atom. The maximum atomic E-state index is 13.0. The minimum Gasteiger partial charge on any atom is -0.489 e. The number of hydrogen-bond donors (Lipinski definition) is 1. The molecule has 45 heavy (non-hydrogen) atoms. The van der Waals surface area contributed by atoms with Gasteiger partial charge in [-0.15, -0.1) is 0 Å². The van der Waals surface area contributed by atoms with Crippen molar-refractivity contribution in [3.8, 4) is 5.75 Å². The number of aromatic nitrogens is 1. The number of nitrogens with zero attached hydrogens (tertiary/aromatic N) is 4. The second-order valence-electron chi connectivity index (χ2n) is 12.5. The molecular formula is C34H37N5O6. The first-order valence-electron chi connectivity index (χ1n) is 15.7. The summed E-state index contributed by atoms with van der Waals surface area (Å²) in [6, 6.07) is 15.1. The van der Waals surface area contributed by atoms with Crippen molar-refractivity contribution in [1.29, 1.82) is 0 Å². The van der Waals surface area contributed by atoms with Crippen molar-refractivity contribution in [2.75, 3.05) is 38.3 Å². The van der Waals surface area contributed by atoms with E-state index < -0.39 is 11.9 Å². The fourth-order valence-corrected chi connectivity index (χ4v) is 6.89. The van der Waals surface area contributed by atoms with E-state index in [1.165, 1.54) is 5.56 Å². The van der Waals surface area contributed by atoms with Crippen molar-refractivity contribution >= 4 is 40.3 Å². The van der Waals surface area contributed by atoms with Gasteiger partial charge < -0.3 is 14.4 Å². The first-order valence-corrected chi connectivity index (χ1v) is 15.7. The van der Waals surface area contributed by atoms with Gasteiger partial charge in [-0.25, -0.2) is 4.98 Å². The number of rotatable bonds is 7. The first-order chi connectivity index (χ1) is 21.8. The number of carbonyl (C=O) groups is 4. The lowest BCUT2D eigenvalue weighted by atomic mass is 9.99. The van der Waals surface area contributed by atoms with Gasteiger partial charge in [0.1, 0.15) is 23.7 Å². The summed E-state index contributed by atoms with van der Waals surface area (Å²) in [5.74, 6) is 0.561. The van der Waals surface area contributed by atoms with Gasteiger partial charge in [-0.05, 0) is 79.3 Å². The van der Waals surface area contributed by atoms with Crippen molar-refractivity contribution in [3.63, 3.8) is 0 Å². The van der Waals surface area contributed by atoms with Gasteiger partial charge in [0.2, 0.25) is 17.7 Å². The number of carbonyl (C=O) groups excluding carboxylic acids is 4. The highest BCUT2D eigenvalue weighted by atomic mass is 16.5.